The second-order valence-electron chi connectivity index (χ2n) is 4.80. The SMILES string of the molecule is CCN(CC)C1c2ccccc2-c2ccccc21. The van der Waals surface area contributed by atoms with Gasteiger partial charge in [-0.1, -0.05) is 62.4 Å². The highest BCUT2D eigenvalue weighted by Gasteiger charge is 2.30. The third kappa shape index (κ3) is 1.58. The maximum Gasteiger partial charge on any atom is 0.0613 e. The van der Waals surface area contributed by atoms with Crippen LogP contribution in [0.4, 0.5) is 0 Å². The molecule has 0 aromatic heterocycles. The highest BCUT2D eigenvalue weighted by molar-refractivity contribution is 5.78. The highest BCUT2D eigenvalue weighted by atomic mass is 15.1. The molecule has 0 saturated heterocycles. The smallest absolute Gasteiger partial charge is 0.0613 e. The van der Waals surface area contributed by atoms with E-state index in [1.54, 1.807) is 0 Å². The minimum atomic E-state index is 0.437. The largest absolute Gasteiger partial charge is 0.293 e. The maximum atomic E-state index is 2.53. The summed E-state index contributed by atoms with van der Waals surface area (Å²) >= 11 is 0. The van der Waals surface area contributed by atoms with Crippen LogP contribution in [0.25, 0.3) is 11.1 Å². The van der Waals surface area contributed by atoms with Crippen LogP contribution in [0.3, 0.4) is 0 Å². The number of nitrogens with zero attached hydrogens (tertiary/aromatic N) is 1. The van der Waals surface area contributed by atoms with E-state index in [2.05, 4.69) is 67.3 Å². The minimum Gasteiger partial charge on any atom is -0.293 e. The molecule has 3 rings (SSSR count). The van der Waals surface area contributed by atoms with Crippen LogP contribution < -0.4 is 0 Å². The zero-order valence-electron chi connectivity index (χ0n) is 11.1. The number of benzene rings is 2. The maximum absolute atomic E-state index is 2.53. The molecule has 0 radical (unpaired) electrons. The van der Waals surface area contributed by atoms with Gasteiger partial charge in [-0.05, 0) is 35.3 Å². The van der Waals surface area contributed by atoms with Crippen LogP contribution in [0.1, 0.15) is 31.0 Å². The Labute approximate surface area is 109 Å². The summed E-state index contributed by atoms with van der Waals surface area (Å²) in [6, 6.07) is 18.1. The van der Waals surface area contributed by atoms with Crippen molar-refractivity contribution < 1.29 is 0 Å². The van der Waals surface area contributed by atoms with Crippen molar-refractivity contribution in [1.29, 1.82) is 0 Å². The molecule has 1 aliphatic rings. The summed E-state index contributed by atoms with van der Waals surface area (Å²) < 4.78 is 0. The van der Waals surface area contributed by atoms with Gasteiger partial charge in [0.05, 0.1) is 6.04 Å². The predicted molar refractivity (Wildman–Crippen MR) is 76.6 cm³/mol. The molecule has 0 saturated carbocycles. The van der Waals surface area contributed by atoms with E-state index in [-0.39, 0.29) is 0 Å². The van der Waals surface area contributed by atoms with E-state index >= 15 is 0 Å². The van der Waals surface area contributed by atoms with Gasteiger partial charge < -0.3 is 0 Å². The van der Waals surface area contributed by atoms with Crippen LogP contribution >= 0.6 is 0 Å². The first kappa shape index (κ1) is 11.5. The standard InChI is InChI=1S/C17H19N/c1-3-18(4-2)17-15-11-7-5-9-13(15)14-10-6-8-12-16(14)17/h5-12,17H,3-4H2,1-2H3. The molecule has 2 aromatic rings. The molecule has 1 aliphatic carbocycles. The summed E-state index contributed by atoms with van der Waals surface area (Å²) in [7, 11) is 0. The second-order valence-corrected chi connectivity index (χ2v) is 4.80. The Morgan fingerprint density at radius 2 is 1.22 bits per heavy atom. The van der Waals surface area contributed by atoms with Gasteiger partial charge in [0.1, 0.15) is 0 Å². The topological polar surface area (TPSA) is 3.24 Å². The van der Waals surface area contributed by atoms with E-state index < -0.39 is 0 Å². The first-order chi connectivity index (χ1) is 8.86. The van der Waals surface area contributed by atoms with E-state index in [0.29, 0.717) is 6.04 Å². The Kier molecular flexibility index (Phi) is 2.92. The number of rotatable bonds is 3. The van der Waals surface area contributed by atoms with Crippen molar-refractivity contribution >= 4 is 0 Å². The molecule has 2 aromatic carbocycles. The van der Waals surface area contributed by atoms with Gasteiger partial charge in [0.2, 0.25) is 0 Å². The number of hydrogen-bond donors (Lipinski definition) is 0. The van der Waals surface area contributed by atoms with Crippen LogP contribution in [-0.4, -0.2) is 18.0 Å². The monoisotopic (exact) mass is 237 g/mol. The molecular weight excluding hydrogens is 218 g/mol. The fourth-order valence-electron chi connectivity index (χ4n) is 3.11. The van der Waals surface area contributed by atoms with Gasteiger partial charge in [0.25, 0.3) is 0 Å². The molecular formula is C17H19N. The molecule has 0 N–H and O–H groups in total. The molecule has 0 spiro atoms. The van der Waals surface area contributed by atoms with Gasteiger partial charge in [-0.2, -0.15) is 0 Å². The van der Waals surface area contributed by atoms with Crippen molar-refractivity contribution in [3.05, 3.63) is 59.7 Å². The third-order valence-electron chi connectivity index (χ3n) is 3.98. The third-order valence-corrected chi connectivity index (χ3v) is 3.98. The summed E-state index contributed by atoms with van der Waals surface area (Å²) in [5.41, 5.74) is 5.74. The Bertz CT molecular complexity index is 510. The van der Waals surface area contributed by atoms with Crippen molar-refractivity contribution in [2.45, 2.75) is 19.9 Å². The van der Waals surface area contributed by atoms with Crippen molar-refractivity contribution in [1.82, 2.24) is 4.90 Å². The first-order valence-corrected chi connectivity index (χ1v) is 6.79. The lowest BCUT2D eigenvalue weighted by atomic mass is 10.0. The van der Waals surface area contributed by atoms with Gasteiger partial charge in [0.15, 0.2) is 0 Å². The van der Waals surface area contributed by atoms with Crippen LogP contribution in [0.15, 0.2) is 48.5 Å². The fraction of sp³-hybridized carbons (Fsp3) is 0.294. The molecule has 18 heavy (non-hydrogen) atoms. The first-order valence-electron chi connectivity index (χ1n) is 6.79. The fourth-order valence-corrected chi connectivity index (χ4v) is 3.11. The summed E-state index contributed by atoms with van der Waals surface area (Å²) in [6.07, 6.45) is 0. The lowest BCUT2D eigenvalue weighted by Crippen LogP contribution is -2.27. The van der Waals surface area contributed by atoms with Gasteiger partial charge in [0, 0.05) is 0 Å². The minimum absolute atomic E-state index is 0.437. The van der Waals surface area contributed by atoms with Crippen molar-refractivity contribution in [3.8, 4) is 11.1 Å². The van der Waals surface area contributed by atoms with Gasteiger partial charge in [-0.3, -0.25) is 4.90 Å². The predicted octanol–water partition coefficient (Wildman–Crippen LogP) is 4.10. The zero-order valence-corrected chi connectivity index (χ0v) is 11.1. The lowest BCUT2D eigenvalue weighted by Gasteiger charge is -2.27. The molecule has 0 fully saturated rings. The zero-order chi connectivity index (χ0) is 12.5. The molecule has 0 atom stereocenters. The van der Waals surface area contributed by atoms with Crippen molar-refractivity contribution in [2.75, 3.05) is 13.1 Å². The van der Waals surface area contributed by atoms with E-state index in [4.69, 9.17) is 0 Å². The average molecular weight is 237 g/mol. The molecule has 0 amide bonds. The van der Waals surface area contributed by atoms with Gasteiger partial charge in [-0.15, -0.1) is 0 Å². The van der Waals surface area contributed by atoms with Crippen LogP contribution in [0.5, 0.6) is 0 Å². The summed E-state index contributed by atoms with van der Waals surface area (Å²) in [4.78, 5) is 2.53. The van der Waals surface area contributed by atoms with Crippen LogP contribution in [0, 0.1) is 0 Å². The number of hydrogen-bond acceptors (Lipinski definition) is 1. The molecule has 0 bridgehead atoms. The molecule has 0 heterocycles. The molecule has 0 aliphatic heterocycles. The second kappa shape index (κ2) is 4.58. The van der Waals surface area contributed by atoms with E-state index in [1.165, 1.54) is 22.3 Å². The van der Waals surface area contributed by atoms with Crippen molar-refractivity contribution in [2.24, 2.45) is 0 Å². The van der Waals surface area contributed by atoms with E-state index in [0.717, 1.165) is 13.1 Å². The van der Waals surface area contributed by atoms with Crippen molar-refractivity contribution in [3.63, 3.8) is 0 Å². The molecule has 0 unspecified atom stereocenters. The number of fused-ring (bicyclic) bond motifs is 3. The summed E-state index contributed by atoms with van der Waals surface area (Å²) in [5, 5.41) is 0. The van der Waals surface area contributed by atoms with E-state index in [1.807, 2.05) is 0 Å². The Balaban J connectivity index is 2.20. The molecule has 1 heteroatoms. The van der Waals surface area contributed by atoms with Gasteiger partial charge in [-0.25, -0.2) is 0 Å². The molecule has 92 valence electrons. The van der Waals surface area contributed by atoms with Gasteiger partial charge >= 0.3 is 0 Å². The lowest BCUT2D eigenvalue weighted by molar-refractivity contribution is 0.254. The quantitative estimate of drug-likeness (QED) is 0.777. The van der Waals surface area contributed by atoms with Crippen LogP contribution in [-0.2, 0) is 0 Å². The molecule has 1 nitrogen and oxygen atoms in total. The van der Waals surface area contributed by atoms with E-state index in [9.17, 15) is 0 Å². The van der Waals surface area contributed by atoms with Crippen LogP contribution in [0.2, 0.25) is 0 Å². The summed E-state index contributed by atoms with van der Waals surface area (Å²) in [5.74, 6) is 0. The summed E-state index contributed by atoms with van der Waals surface area (Å²) in [6.45, 7) is 6.66. The Morgan fingerprint density at radius 1 is 0.778 bits per heavy atom. The Morgan fingerprint density at radius 3 is 1.67 bits per heavy atom. The highest BCUT2D eigenvalue weighted by Crippen LogP contribution is 2.45. The average Bonchev–Trinajstić information content (AvgIpc) is 2.76. The Hall–Kier alpha value is -1.60. The normalized spacial score (nSPS) is 13.7.